The minimum Gasteiger partial charge on any atom is -0.300 e. The van der Waals surface area contributed by atoms with Crippen LogP contribution in [0.2, 0.25) is 0 Å². The predicted molar refractivity (Wildman–Crippen MR) is 59.2 cm³/mol. The highest BCUT2D eigenvalue weighted by Gasteiger charge is 2.05. The molecule has 0 heterocycles. The average molecular weight is 208 g/mol. The summed E-state index contributed by atoms with van der Waals surface area (Å²) in [7, 11) is 0. The summed E-state index contributed by atoms with van der Waals surface area (Å²) in [6.45, 7) is 4.06. The molecule has 0 atom stereocenters. The first-order valence-electron chi connectivity index (χ1n) is 5.34. The molecular weight excluding hydrogens is 191 g/mol. The fourth-order valence-electron chi connectivity index (χ4n) is 1.53. The molecule has 0 fully saturated rings. The van der Waals surface area contributed by atoms with Gasteiger partial charge in [-0.2, -0.15) is 0 Å². The van der Waals surface area contributed by atoms with Crippen LogP contribution in [-0.4, -0.2) is 5.78 Å². The summed E-state index contributed by atoms with van der Waals surface area (Å²) < 4.78 is 12.8. The van der Waals surface area contributed by atoms with E-state index in [-0.39, 0.29) is 11.6 Å². The van der Waals surface area contributed by atoms with Crippen LogP contribution in [-0.2, 0) is 11.2 Å². The highest BCUT2D eigenvalue weighted by atomic mass is 19.1. The number of ketones is 1. The normalized spacial score (nSPS) is 10.7. The van der Waals surface area contributed by atoms with Crippen LogP contribution in [0.15, 0.2) is 24.3 Å². The van der Waals surface area contributed by atoms with Crippen LogP contribution in [0.1, 0.15) is 32.3 Å². The van der Waals surface area contributed by atoms with Gasteiger partial charge in [0.05, 0.1) is 0 Å². The molecule has 0 spiro atoms. The van der Waals surface area contributed by atoms with Gasteiger partial charge in [0.1, 0.15) is 11.6 Å². The van der Waals surface area contributed by atoms with Crippen molar-refractivity contribution in [3.8, 4) is 0 Å². The lowest BCUT2D eigenvalue weighted by Crippen LogP contribution is -2.04. The third-order valence-electron chi connectivity index (χ3n) is 2.22. The van der Waals surface area contributed by atoms with Gasteiger partial charge in [0.25, 0.3) is 0 Å². The van der Waals surface area contributed by atoms with Gasteiger partial charge >= 0.3 is 0 Å². The van der Waals surface area contributed by atoms with Crippen LogP contribution in [0, 0.1) is 11.7 Å². The van der Waals surface area contributed by atoms with Crippen LogP contribution < -0.4 is 0 Å². The Kier molecular flexibility index (Phi) is 4.47. The topological polar surface area (TPSA) is 17.1 Å². The Morgan fingerprint density at radius 2 is 2.13 bits per heavy atom. The van der Waals surface area contributed by atoms with Gasteiger partial charge in [0, 0.05) is 12.8 Å². The molecule has 0 aliphatic carbocycles. The minimum absolute atomic E-state index is 0.233. The number of hydrogen-bond donors (Lipinski definition) is 0. The van der Waals surface area contributed by atoms with Gasteiger partial charge in [0.2, 0.25) is 0 Å². The number of Topliss-reactive ketones (excluding diaryl/α,β-unsaturated/α-hetero) is 1. The Balaban J connectivity index is 2.40. The largest absolute Gasteiger partial charge is 0.300 e. The van der Waals surface area contributed by atoms with E-state index < -0.39 is 0 Å². The van der Waals surface area contributed by atoms with E-state index in [4.69, 9.17) is 0 Å². The Labute approximate surface area is 90.3 Å². The van der Waals surface area contributed by atoms with Crippen molar-refractivity contribution in [2.24, 2.45) is 5.92 Å². The molecule has 0 N–H and O–H groups in total. The van der Waals surface area contributed by atoms with E-state index in [2.05, 4.69) is 0 Å². The number of carbonyl (C=O) groups excluding carboxylic acids is 1. The highest BCUT2D eigenvalue weighted by molar-refractivity contribution is 5.78. The summed E-state index contributed by atoms with van der Waals surface area (Å²) in [6.07, 6.45) is 1.78. The van der Waals surface area contributed by atoms with Crippen molar-refractivity contribution in [2.75, 3.05) is 0 Å². The maximum Gasteiger partial charge on any atom is 0.133 e. The van der Waals surface area contributed by atoms with Crippen molar-refractivity contribution in [3.63, 3.8) is 0 Å². The standard InChI is InChI=1S/C13H17FO/c1-10(2)8-13(15)7-6-11-4-3-5-12(14)9-11/h3-5,9-10H,6-8H2,1-2H3. The highest BCUT2D eigenvalue weighted by Crippen LogP contribution is 2.09. The van der Waals surface area contributed by atoms with Crippen molar-refractivity contribution in [1.82, 2.24) is 0 Å². The average Bonchev–Trinajstić information content (AvgIpc) is 2.14. The summed E-state index contributed by atoms with van der Waals surface area (Å²) in [6, 6.07) is 6.44. The van der Waals surface area contributed by atoms with E-state index in [1.165, 1.54) is 12.1 Å². The fraction of sp³-hybridized carbons (Fsp3) is 0.462. The monoisotopic (exact) mass is 208 g/mol. The molecule has 0 radical (unpaired) electrons. The smallest absolute Gasteiger partial charge is 0.133 e. The van der Waals surface area contributed by atoms with Crippen LogP contribution in [0.5, 0.6) is 0 Å². The second kappa shape index (κ2) is 5.64. The molecule has 0 amide bonds. The fourth-order valence-corrected chi connectivity index (χ4v) is 1.53. The molecule has 0 aromatic heterocycles. The summed E-state index contributed by atoms with van der Waals surface area (Å²) >= 11 is 0. The lowest BCUT2D eigenvalue weighted by atomic mass is 10.0. The summed E-state index contributed by atoms with van der Waals surface area (Å²) in [5.41, 5.74) is 0.895. The van der Waals surface area contributed by atoms with Gasteiger partial charge < -0.3 is 0 Å². The molecule has 0 aliphatic heterocycles. The van der Waals surface area contributed by atoms with Crippen molar-refractivity contribution in [1.29, 1.82) is 0 Å². The van der Waals surface area contributed by atoms with E-state index in [0.717, 1.165) is 5.56 Å². The zero-order valence-corrected chi connectivity index (χ0v) is 9.29. The molecule has 15 heavy (non-hydrogen) atoms. The number of benzene rings is 1. The van der Waals surface area contributed by atoms with E-state index >= 15 is 0 Å². The van der Waals surface area contributed by atoms with Gasteiger partial charge in [-0.05, 0) is 30.0 Å². The Hall–Kier alpha value is -1.18. The maximum absolute atomic E-state index is 12.8. The zero-order chi connectivity index (χ0) is 11.3. The minimum atomic E-state index is -0.233. The molecule has 1 aromatic rings. The van der Waals surface area contributed by atoms with Gasteiger partial charge in [0.15, 0.2) is 0 Å². The first kappa shape index (κ1) is 11.9. The third-order valence-corrected chi connectivity index (χ3v) is 2.22. The molecule has 0 bridgehead atoms. The maximum atomic E-state index is 12.8. The van der Waals surface area contributed by atoms with Crippen molar-refractivity contribution in [3.05, 3.63) is 35.6 Å². The molecule has 0 aliphatic rings. The van der Waals surface area contributed by atoms with Crippen molar-refractivity contribution in [2.45, 2.75) is 33.1 Å². The number of halogens is 1. The second-order valence-electron chi connectivity index (χ2n) is 4.27. The number of rotatable bonds is 5. The molecule has 1 aromatic carbocycles. The number of carbonyl (C=O) groups is 1. The predicted octanol–water partition coefficient (Wildman–Crippen LogP) is 3.37. The number of hydrogen-bond acceptors (Lipinski definition) is 1. The van der Waals surface area contributed by atoms with Crippen LogP contribution in [0.4, 0.5) is 4.39 Å². The van der Waals surface area contributed by atoms with Gasteiger partial charge in [-0.25, -0.2) is 4.39 Å². The summed E-state index contributed by atoms with van der Waals surface area (Å²) in [4.78, 5) is 11.4. The SMILES string of the molecule is CC(C)CC(=O)CCc1cccc(F)c1. The molecule has 0 saturated heterocycles. The molecular formula is C13H17FO. The third kappa shape index (κ3) is 4.73. The molecule has 1 nitrogen and oxygen atoms in total. The molecule has 0 unspecified atom stereocenters. The molecule has 2 heteroatoms. The van der Waals surface area contributed by atoms with Crippen LogP contribution in [0.25, 0.3) is 0 Å². The van der Waals surface area contributed by atoms with Crippen molar-refractivity contribution < 1.29 is 9.18 Å². The van der Waals surface area contributed by atoms with E-state index in [9.17, 15) is 9.18 Å². The lowest BCUT2D eigenvalue weighted by Gasteiger charge is -2.04. The van der Waals surface area contributed by atoms with E-state index in [0.29, 0.717) is 25.2 Å². The Morgan fingerprint density at radius 1 is 1.40 bits per heavy atom. The zero-order valence-electron chi connectivity index (χ0n) is 9.29. The Bertz CT molecular complexity index is 331. The van der Waals surface area contributed by atoms with E-state index in [1.54, 1.807) is 6.07 Å². The van der Waals surface area contributed by atoms with Crippen LogP contribution >= 0.6 is 0 Å². The molecule has 82 valence electrons. The Morgan fingerprint density at radius 3 is 2.73 bits per heavy atom. The van der Waals surface area contributed by atoms with Crippen molar-refractivity contribution >= 4 is 5.78 Å². The van der Waals surface area contributed by atoms with Gasteiger partial charge in [-0.15, -0.1) is 0 Å². The van der Waals surface area contributed by atoms with Gasteiger partial charge in [-0.1, -0.05) is 26.0 Å². The summed E-state index contributed by atoms with van der Waals surface area (Å²) in [5, 5.41) is 0. The number of aryl methyl sites for hydroxylation is 1. The van der Waals surface area contributed by atoms with Crippen LogP contribution in [0.3, 0.4) is 0 Å². The molecule has 0 saturated carbocycles. The first-order valence-corrected chi connectivity index (χ1v) is 5.34. The van der Waals surface area contributed by atoms with E-state index in [1.807, 2.05) is 19.9 Å². The quantitative estimate of drug-likeness (QED) is 0.725. The molecule has 1 rings (SSSR count). The second-order valence-corrected chi connectivity index (χ2v) is 4.27. The lowest BCUT2D eigenvalue weighted by molar-refractivity contribution is -0.119. The first-order chi connectivity index (χ1) is 7.08. The van der Waals surface area contributed by atoms with Gasteiger partial charge in [-0.3, -0.25) is 4.79 Å². The summed E-state index contributed by atoms with van der Waals surface area (Å²) in [5.74, 6) is 0.433.